The van der Waals surface area contributed by atoms with Gasteiger partial charge in [-0.15, -0.1) is 0 Å². The predicted octanol–water partition coefficient (Wildman–Crippen LogP) is 2.40. The number of hydrogen-bond donors (Lipinski definition) is 2. The Morgan fingerprint density at radius 2 is 1.22 bits per heavy atom. The van der Waals surface area contributed by atoms with E-state index in [2.05, 4.69) is 24.3 Å². The Bertz CT molecular complexity index is 513. The number of hydrogen-bond acceptors (Lipinski definition) is 2. The summed E-state index contributed by atoms with van der Waals surface area (Å²) in [6.45, 7) is 0.00761. The lowest BCUT2D eigenvalue weighted by molar-refractivity contribution is 0.139. The lowest BCUT2D eigenvalue weighted by Crippen LogP contribution is -2.20. The van der Waals surface area contributed by atoms with Gasteiger partial charge in [-0.25, -0.2) is 0 Å². The minimum atomic E-state index is -0.130. The molecule has 0 amide bonds. The third kappa shape index (κ3) is 1.57. The minimum absolute atomic E-state index is 0.00380. The smallest absolute Gasteiger partial charge is 0.0490 e. The molecule has 3 rings (SSSR count). The van der Waals surface area contributed by atoms with Crippen molar-refractivity contribution < 1.29 is 10.2 Å². The van der Waals surface area contributed by atoms with Gasteiger partial charge in [-0.3, -0.25) is 0 Å². The molecule has 2 aromatic rings. The Hall–Kier alpha value is -1.64. The van der Waals surface area contributed by atoms with Crippen LogP contribution in [0.3, 0.4) is 0 Å². The zero-order valence-corrected chi connectivity index (χ0v) is 10.1. The first-order chi connectivity index (χ1) is 8.86. The van der Waals surface area contributed by atoms with E-state index in [0.29, 0.717) is 0 Å². The summed E-state index contributed by atoms with van der Waals surface area (Å²) in [5, 5.41) is 19.0. The summed E-state index contributed by atoms with van der Waals surface area (Å²) in [6, 6.07) is 16.5. The molecule has 1 aliphatic carbocycles. The van der Waals surface area contributed by atoms with Gasteiger partial charge in [-0.05, 0) is 22.3 Å². The number of fused-ring (bicyclic) bond motifs is 3. The van der Waals surface area contributed by atoms with Crippen LogP contribution in [-0.2, 0) is 0 Å². The van der Waals surface area contributed by atoms with Gasteiger partial charge in [-0.2, -0.15) is 0 Å². The lowest BCUT2D eigenvalue weighted by Gasteiger charge is -2.21. The summed E-state index contributed by atoms with van der Waals surface area (Å²) in [6.07, 6.45) is 0. The van der Waals surface area contributed by atoms with Crippen LogP contribution in [-0.4, -0.2) is 23.4 Å². The second-order valence-electron chi connectivity index (χ2n) is 4.78. The summed E-state index contributed by atoms with van der Waals surface area (Å²) >= 11 is 0. The van der Waals surface area contributed by atoms with E-state index in [9.17, 15) is 10.2 Å². The zero-order valence-electron chi connectivity index (χ0n) is 10.1. The topological polar surface area (TPSA) is 40.5 Å². The molecule has 18 heavy (non-hydrogen) atoms. The maximum absolute atomic E-state index is 9.48. The third-order valence-corrected chi connectivity index (χ3v) is 3.82. The number of rotatable bonds is 3. The highest BCUT2D eigenvalue weighted by molar-refractivity contribution is 5.78. The molecule has 0 saturated carbocycles. The molecule has 0 unspecified atom stereocenters. The molecule has 0 heterocycles. The molecule has 2 aromatic carbocycles. The second-order valence-corrected chi connectivity index (χ2v) is 4.78. The third-order valence-electron chi connectivity index (χ3n) is 3.82. The Morgan fingerprint density at radius 3 is 1.67 bits per heavy atom. The van der Waals surface area contributed by atoms with Gasteiger partial charge < -0.3 is 10.2 Å². The van der Waals surface area contributed by atoms with Gasteiger partial charge in [0.2, 0.25) is 0 Å². The fourth-order valence-corrected chi connectivity index (χ4v) is 2.97. The highest BCUT2D eigenvalue weighted by atomic mass is 16.3. The number of aliphatic hydroxyl groups excluding tert-OH is 2. The molecule has 2 nitrogen and oxygen atoms in total. The molecule has 2 heteroatoms. The van der Waals surface area contributed by atoms with Crippen LogP contribution in [0.15, 0.2) is 48.5 Å². The standard InChI is InChI=1S/C16H16O2/c17-9-11(10-18)16-14-7-3-1-5-12(14)13-6-2-4-8-15(13)16/h1-8,11,16-18H,9-10H2. The molecule has 1 aliphatic rings. The van der Waals surface area contributed by atoms with Gasteiger partial charge in [0.15, 0.2) is 0 Å². The van der Waals surface area contributed by atoms with E-state index in [4.69, 9.17) is 0 Å². The van der Waals surface area contributed by atoms with Crippen molar-refractivity contribution in [1.29, 1.82) is 0 Å². The van der Waals surface area contributed by atoms with Crippen molar-refractivity contribution in [2.45, 2.75) is 5.92 Å². The van der Waals surface area contributed by atoms with Crippen LogP contribution in [0.2, 0.25) is 0 Å². The molecule has 0 fully saturated rings. The zero-order chi connectivity index (χ0) is 12.5. The molecule has 0 bridgehead atoms. The fraction of sp³-hybridized carbons (Fsp3) is 0.250. The molecule has 2 N–H and O–H groups in total. The predicted molar refractivity (Wildman–Crippen MR) is 71.4 cm³/mol. The monoisotopic (exact) mass is 240 g/mol. The van der Waals surface area contributed by atoms with E-state index in [-0.39, 0.29) is 25.0 Å². The van der Waals surface area contributed by atoms with E-state index in [1.807, 2.05) is 24.3 Å². The Labute approximate surface area is 107 Å². The first-order valence-corrected chi connectivity index (χ1v) is 6.26. The molecular weight excluding hydrogens is 224 g/mol. The summed E-state index contributed by atoms with van der Waals surface area (Å²) in [4.78, 5) is 0. The SMILES string of the molecule is OCC(CO)C1c2ccccc2-c2ccccc21. The van der Waals surface area contributed by atoms with Crippen molar-refractivity contribution in [3.8, 4) is 11.1 Å². The lowest BCUT2D eigenvalue weighted by atomic mass is 9.85. The first kappa shape index (κ1) is 11.5. The van der Waals surface area contributed by atoms with E-state index >= 15 is 0 Å². The molecular formula is C16H16O2. The molecule has 0 aliphatic heterocycles. The summed E-state index contributed by atoms with van der Waals surface area (Å²) in [7, 11) is 0. The van der Waals surface area contributed by atoms with Crippen LogP contribution in [0.1, 0.15) is 17.0 Å². The Balaban J connectivity index is 2.20. The molecule has 0 aromatic heterocycles. The van der Waals surface area contributed by atoms with E-state index in [1.54, 1.807) is 0 Å². The van der Waals surface area contributed by atoms with Crippen LogP contribution >= 0.6 is 0 Å². The largest absolute Gasteiger partial charge is 0.396 e. The molecule has 0 radical (unpaired) electrons. The van der Waals surface area contributed by atoms with Gasteiger partial charge in [-0.1, -0.05) is 48.5 Å². The molecule has 92 valence electrons. The normalized spacial score (nSPS) is 13.7. The van der Waals surface area contributed by atoms with Gasteiger partial charge >= 0.3 is 0 Å². The summed E-state index contributed by atoms with van der Waals surface area (Å²) in [5.74, 6) is -0.0257. The van der Waals surface area contributed by atoms with Crippen LogP contribution in [0, 0.1) is 5.92 Å². The van der Waals surface area contributed by atoms with Gasteiger partial charge in [0.1, 0.15) is 0 Å². The Morgan fingerprint density at radius 1 is 0.778 bits per heavy atom. The van der Waals surface area contributed by atoms with Crippen molar-refractivity contribution in [1.82, 2.24) is 0 Å². The van der Waals surface area contributed by atoms with E-state index in [0.717, 1.165) is 0 Å². The van der Waals surface area contributed by atoms with Crippen molar-refractivity contribution in [3.05, 3.63) is 59.7 Å². The maximum atomic E-state index is 9.48. The molecule has 0 atom stereocenters. The van der Waals surface area contributed by atoms with E-state index in [1.165, 1.54) is 22.3 Å². The van der Waals surface area contributed by atoms with Gasteiger partial charge in [0.25, 0.3) is 0 Å². The second kappa shape index (κ2) is 4.56. The molecule has 0 saturated heterocycles. The number of aliphatic hydroxyl groups is 2. The fourth-order valence-electron chi connectivity index (χ4n) is 2.97. The van der Waals surface area contributed by atoms with Crippen LogP contribution < -0.4 is 0 Å². The molecule has 0 spiro atoms. The maximum Gasteiger partial charge on any atom is 0.0490 e. The van der Waals surface area contributed by atoms with Crippen LogP contribution in [0.25, 0.3) is 11.1 Å². The average molecular weight is 240 g/mol. The highest BCUT2D eigenvalue weighted by Crippen LogP contribution is 2.47. The van der Waals surface area contributed by atoms with Gasteiger partial charge in [0.05, 0.1) is 0 Å². The Kier molecular flexibility index (Phi) is 2.90. The average Bonchev–Trinajstić information content (AvgIpc) is 2.76. The van der Waals surface area contributed by atoms with Gasteiger partial charge in [0, 0.05) is 25.0 Å². The first-order valence-electron chi connectivity index (χ1n) is 6.26. The van der Waals surface area contributed by atoms with Crippen molar-refractivity contribution in [3.63, 3.8) is 0 Å². The number of benzene rings is 2. The van der Waals surface area contributed by atoms with Crippen molar-refractivity contribution in [2.24, 2.45) is 5.92 Å². The summed E-state index contributed by atoms with van der Waals surface area (Å²) in [5.41, 5.74) is 4.88. The van der Waals surface area contributed by atoms with E-state index < -0.39 is 0 Å². The quantitative estimate of drug-likeness (QED) is 0.865. The van der Waals surface area contributed by atoms with Crippen molar-refractivity contribution in [2.75, 3.05) is 13.2 Å². The minimum Gasteiger partial charge on any atom is -0.396 e. The highest BCUT2D eigenvalue weighted by Gasteiger charge is 2.33. The van der Waals surface area contributed by atoms with Crippen molar-refractivity contribution >= 4 is 0 Å². The summed E-state index contributed by atoms with van der Waals surface area (Å²) < 4.78 is 0. The van der Waals surface area contributed by atoms with Crippen LogP contribution in [0.4, 0.5) is 0 Å². The van der Waals surface area contributed by atoms with Crippen LogP contribution in [0.5, 0.6) is 0 Å².